The van der Waals surface area contributed by atoms with Crippen molar-refractivity contribution in [2.24, 2.45) is 5.73 Å². The van der Waals surface area contributed by atoms with Gasteiger partial charge in [0.1, 0.15) is 0 Å². The normalized spacial score (nSPS) is 21.0. The van der Waals surface area contributed by atoms with E-state index in [9.17, 15) is 8.42 Å². The van der Waals surface area contributed by atoms with Crippen molar-refractivity contribution in [2.45, 2.75) is 23.5 Å². The van der Waals surface area contributed by atoms with Gasteiger partial charge >= 0.3 is 0 Å². The monoisotopic (exact) mass is 303 g/mol. The summed E-state index contributed by atoms with van der Waals surface area (Å²) in [5, 5.41) is 3.45. The number of rotatable bonds is 3. The molecular formula is C15H17N3O2S. The molecule has 0 saturated heterocycles. The molecule has 1 heterocycles. The van der Waals surface area contributed by atoms with Crippen molar-refractivity contribution in [3.05, 3.63) is 53.7 Å². The van der Waals surface area contributed by atoms with Gasteiger partial charge in [0.15, 0.2) is 14.9 Å². The van der Waals surface area contributed by atoms with Crippen molar-refractivity contribution in [3.63, 3.8) is 0 Å². The second-order valence-corrected chi connectivity index (χ2v) is 7.29. The fourth-order valence-corrected chi connectivity index (χ4v) is 3.26. The smallest absolute Gasteiger partial charge is 0.192 e. The highest BCUT2D eigenvalue weighted by atomic mass is 32.2. The first-order chi connectivity index (χ1) is 9.95. The first-order valence-corrected chi connectivity index (χ1v) is 8.61. The predicted octanol–water partition coefficient (Wildman–Crippen LogP) is 2.04. The van der Waals surface area contributed by atoms with Crippen LogP contribution in [-0.2, 0) is 9.84 Å². The van der Waals surface area contributed by atoms with E-state index >= 15 is 0 Å². The number of nitrogens with zero attached hydrogens (tertiary/aromatic N) is 1. The summed E-state index contributed by atoms with van der Waals surface area (Å²) in [7, 11) is -3.26. The molecule has 3 N–H and O–H groups in total. The van der Waals surface area contributed by atoms with Gasteiger partial charge in [-0.3, -0.25) is 0 Å². The SMILES string of the molecule is CS(=O)(=O)c1ccc(NC2CC(N)c3ccccc32)cn1. The Balaban J connectivity index is 1.82. The Kier molecular flexibility index (Phi) is 3.43. The maximum absolute atomic E-state index is 11.4. The number of nitrogens with one attached hydrogen (secondary N) is 1. The van der Waals surface area contributed by atoms with Crippen LogP contribution >= 0.6 is 0 Å². The number of aromatic nitrogens is 1. The second kappa shape index (κ2) is 5.13. The highest BCUT2D eigenvalue weighted by molar-refractivity contribution is 7.90. The number of pyridine rings is 1. The molecule has 6 heteroatoms. The van der Waals surface area contributed by atoms with Crippen molar-refractivity contribution in [3.8, 4) is 0 Å². The molecule has 1 aliphatic carbocycles. The molecule has 0 fully saturated rings. The van der Waals surface area contributed by atoms with Crippen molar-refractivity contribution in [2.75, 3.05) is 11.6 Å². The zero-order valence-corrected chi connectivity index (χ0v) is 12.5. The van der Waals surface area contributed by atoms with Crippen LogP contribution in [0.25, 0.3) is 0 Å². The van der Waals surface area contributed by atoms with Crippen LogP contribution in [0.4, 0.5) is 5.69 Å². The predicted molar refractivity (Wildman–Crippen MR) is 81.7 cm³/mol. The number of fused-ring (bicyclic) bond motifs is 1. The van der Waals surface area contributed by atoms with Crippen LogP contribution in [0.15, 0.2) is 47.6 Å². The lowest BCUT2D eigenvalue weighted by atomic mass is 10.1. The van der Waals surface area contributed by atoms with Gasteiger partial charge in [0.25, 0.3) is 0 Å². The Morgan fingerprint density at radius 3 is 2.52 bits per heavy atom. The van der Waals surface area contributed by atoms with Crippen LogP contribution in [0.5, 0.6) is 0 Å². The van der Waals surface area contributed by atoms with Crippen molar-refractivity contribution >= 4 is 15.5 Å². The minimum Gasteiger partial charge on any atom is -0.377 e. The third-order valence-electron chi connectivity index (χ3n) is 3.72. The first-order valence-electron chi connectivity index (χ1n) is 6.72. The molecule has 1 aromatic carbocycles. The summed E-state index contributed by atoms with van der Waals surface area (Å²) in [5.41, 5.74) is 9.28. The van der Waals surface area contributed by atoms with E-state index in [4.69, 9.17) is 5.73 Å². The zero-order valence-electron chi connectivity index (χ0n) is 11.7. The van der Waals surface area contributed by atoms with E-state index in [2.05, 4.69) is 16.4 Å². The van der Waals surface area contributed by atoms with Crippen LogP contribution in [0.3, 0.4) is 0 Å². The van der Waals surface area contributed by atoms with Crippen molar-refractivity contribution in [1.29, 1.82) is 0 Å². The third kappa shape index (κ3) is 2.77. The van der Waals surface area contributed by atoms with E-state index in [0.717, 1.165) is 23.9 Å². The molecule has 3 rings (SSSR count). The lowest BCUT2D eigenvalue weighted by Gasteiger charge is -2.15. The Morgan fingerprint density at radius 1 is 1.19 bits per heavy atom. The van der Waals surface area contributed by atoms with Gasteiger partial charge in [-0.2, -0.15) is 0 Å². The van der Waals surface area contributed by atoms with Crippen LogP contribution in [0.2, 0.25) is 0 Å². The van der Waals surface area contributed by atoms with Crippen LogP contribution in [0.1, 0.15) is 29.6 Å². The highest BCUT2D eigenvalue weighted by Crippen LogP contribution is 2.38. The van der Waals surface area contributed by atoms with E-state index in [1.54, 1.807) is 12.3 Å². The molecule has 2 unspecified atom stereocenters. The number of hydrogen-bond acceptors (Lipinski definition) is 5. The van der Waals surface area contributed by atoms with Gasteiger partial charge in [0.05, 0.1) is 17.9 Å². The van der Waals surface area contributed by atoms with Gasteiger partial charge < -0.3 is 11.1 Å². The molecule has 5 nitrogen and oxygen atoms in total. The molecule has 0 bridgehead atoms. The number of benzene rings is 1. The molecule has 0 spiro atoms. The van der Waals surface area contributed by atoms with Gasteiger partial charge in [-0.25, -0.2) is 13.4 Å². The molecule has 0 radical (unpaired) electrons. The summed E-state index contributed by atoms with van der Waals surface area (Å²) in [6.07, 6.45) is 3.50. The zero-order chi connectivity index (χ0) is 15.0. The second-order valence-electron chi connectivity index (χ2n) is 5.33. The van der Waals surface area contributed by atoms with Gasteiger partial charge in [0.2, 0.25) is 0 Å². The Morgan fingerprint density at radius 2 is 1.90 bits per heavy atom. The van der Waals surface area contributed by atoms with Gasteiger partial charge in [-0.15, -0.1) is 0 Å². The Bertz CT molecular complexity index is 757. The van der Waals surface area contributed by atoms with E-state index < -0.39 is 9.84 Å². The van der Waals surface area contributed by atoms with Gasteiger partial charge in [-0.05, 0) is 29.7 Å². The molecule has 1 aliphatic rings. The van der Waals surface area contributed by atoms with E-state index in [0.29, 0.717) is 0 Å². The molecule has 0 amide bonds. The largest absolute Gasteiger partial charge is 0.377 e. The maximum atomic E-state index is 11.4. The lowest BCUT2D eigenvalue weighted by molar-refractivity contribution is 0.598. The summed E-state index contributed by atoms with van der Waals surface area (Å²) >= 11 is 0. The number of nitrogens with two attached hydrogens (primary N) is 1. The topological polar surface area (TPSA) is 85.1 Å². The Labute approximate surface area is 124 Å². The molecule has 1 aromatic heterocycles. The third-order valence-corrected chi connectivity index (χ3v) is 4.72. The number of hydrogen-bond donors (Lipinski definition) is 2. The summed E-state index contributed by atoms with van der Waals surface area (Å²) in [5.74, 6) is 0. The van der Waals surface area contributed by atoms with Crippen LogP contribution in [0, 0.1) is 0 Å². The molecular weight excluding hydrogens is 286 g/mol. The highest BCUT2D eigenvalue weighted by Gasteiger charge is 2.28. The molecule has 0 saturated carbocycles. The minimum atomic E-state index is -3.26. The van der Waals surface area contributed by atoms with Crippen LogP contribution < -0.4 is 11.1 Å². The molecule has 2 aromatic rings. The van der Waals surface area contributed by atoms with Crippen molar-refractivity contribution in [1.82, 2.24) is 4.98 Å². The fraction of sp³-hybridized carbons (Fsp3) is 0.267. The van der Waals surface area contributed by atoms with Crippen LogP contribution in [-0.4, -0.2) is 19.7 Å². The van der Waals surface area contributed by atoms with E-state index in [1.807, 2.05) is 18.2 Å². The van der Waals surface area contributed by atoms with Gasteiger partial charge in [0, 0.05) is 12.3 Å². The van der Waals surface area contributed by atoms with Gasteiger partial charge in [-0.1, -0.05) is 24.3 Å². The van der Waals surface area contributed by atoms with E-state index in [-0.39, 0.29) is 17.1 Å². The summed E-state index contributed by atoms with van der Waals surface area (Å²) in [6.45, 7) is 0. The quantitative estimate of drug-likeness (QED) is 0.906. The summed E-state index contributed by atoms with van der Waals surface area (Å²) in [6, 6.07) is 11.5. The number of anilines is 1. The Hall–Kier alpha value is -1.92. The molecule has 21 heavy (non-hydrogen) atoms. The molecule has 110 valence electrons. The maximum Gasteiger partial charge on any atom is 0.192 e. The average molecular weight is 303 g/mol. The number of sulfone groups is 1. The van der Waals surface area contributed by atoms with Crippen molar-refractivity contribution < 1.29 is 8.42 Å². The minimum absolute atomic E-state index is 0.0296. The molecule has 0 aliphatic heterocycles. The fourth-order valence-electron chi connectivity index (χ4n) is 2.70. The van der Waals surface area contributed by atoms with E-state index in [1.165, 1.54) is 11.6 Å². The lowest BCUT2D eigenvalue weighted by Crippen LogP contribution is -2.10. The summed E-state index contributed by atoms with van der Waals surface area (Å²) < 4.78 is 22.8. The standard InChI is InChI=1S/C15H17N3O2S/c1-21(19,20)15-7-6-10(9-17-15)18-14-8-13(16)11-4-2-3-5-12(11)14/h2-7,9,13-14,18H,8,16H2,1H3. The average Bonchev–Trinajstić information content (AvgIpc) is 2.76. The summed E-state index contributed by atoms with van der Waals surface area (Å²) in [4.78, 5) is 3.99. The first kappa shape index (κ1) is 14.0. The molecule has 2 atom stereocenters.